The van der Waals surface area contributed by atoms with Gasteiger partial charge in [-0.1, -0.05) is 5.92 Å². The molecule has 0 spiro atoms. The average Bonchev–Trinajstić information content (AvgIpc) is 2.45. The SMILES string of the molecule is COC(=O)C#CCC1CCCS1(=O)=O. The first-order chi connectivity index (χ1) is 6.56. The normalized spacial score (nSPS) is 23.6. The largest absolute Gasteiger partial charge is 0.459 e. The van der Waals surface area contributed by atoms with Gasteiger partial charge in [-0.15, -0.1) is 0 Å². The lowest BCUT2D eigenvalue weighted by Crippen LogP contribution is -2.14. The van der Waals surface area contributed by atoms with Crippen LogP contribution in [0.4, 0.5) is 0 Å². The zero-order valence-corrected chi connectivity index (χ0v) is 8.76. The highest BCUT2D eigenvalue weighted by molar-refractivity contribution is 7.92. The Hall–Kier alpha value is -1.02. The Morgan fingerprint density at radius 3 is 2.79 bits per heavy atom. The fraction of sp³-hybridized carbons (Fsp3) is 0.667. The van der Waals surface area contributed by atoms with Gasteiger partial charge in [0.25, 0.3) is 0 Å². The highest BCUT2D eigenvalue weighted by Gasteiger charge is 2.30. The first-order valence-electron chi connectivity index (χ1n) is 4.34. The molecule has 0 aliphatic carbocycles. The molecule has 0 aromatic heterocycles. The van der Waals surface area contributed by atoms with E-state index in [2.05, 4.69) is 16.6 Å². The van der Waals surface area contributed by atoms with Gasteiger partial charge in [0, 0.05) is 12.3 Å². The molecule has 0 bridgehead atoms. The van der Waals surface area contributed by atoms with Gasteiger partial charge in [-0.3, -0.25) is 0 Å². The highest BCUT2D eigenvalue weighted by Crippen LogP contribution is 2.21. The van der Waals surface area contributed by atoms with Crippen LogP contribution in [-0.2, 0) is 19.4 Å². The van der Waals surface area contributed by atoms with E-state index < -0.39 is 15.8 Å². The Bertz CT molecular complexity index is 371. The Balaban J connectivity index is 2.53. The molecule has 1 aliphatic heterocycles. The molecule has 1 rings (SSSR count). The molecule has 1 aliphatic rings. The van der Waals surface area contributed by atoms with Crippen LogP contribution in [0.25, 0.3) is 0 Å². The Morgan fingerprint density at radius 1 is 1.57 bits per heavy atom. The topological polar surface area (TPSA) is 60.4 Å². The van der Waals surface area contributed by atoms with Crippen LogP contribution < -0.4 is 0 Å². The average molecular weight is 216 g/mol. The van der Waals surface area contributed by atoms with Crippen molar-refractivity contribution in [1.29, 1.82) is 0 Å². The second-order valence-corrected chi connectivity index (χ2v) is 5.53. The molecule has 0 radical (unpaired) electrons. The molecular formula is C9H12O4S. The molecule has 5 heteroatoms. The number of esters is 1. The van der Waals surface area contributed by atoms with E-state index in [4.69, 9.17) is 0 Å². The number of sulfone groups is 1. The molecule has 0 saturated carbocycles. The van der Waals surface area contributed by atoms with Crippen LogP contribution in [0.5, 0.6) is 0 Å². The van der Waals surface area contributed by atoms with Crippen molar-refractivity contribution in [2.75, 3.05) is 12.9 Å². The second-order valence-electron chi connectivity index (χ2n) is 3.13. The van der Waals surface area contributed by atoms with Gasteiger partial charge < -0.3 is 4.74 Å². The minimum atomic E-state index is -2.95. The smallest absolute Gasteiger partial charge is 0.384 e. The lowest BCUT2D eigenvalue weighted by molar-refractivity contribution is -0.133. The molecule has 0 amide bonds. The molecule has 14 heavy (non-hydrogen) atoms. The Kier molecular flexibility index (Phi) is 3.53. The van der Waals surface area contributed by atoms with E-state index in [1.807, 2.05) is 0 Å². The molecule has 0 aromatic carbocycles. The lowest BCUT2D eigenvalue weighted by Gasteiger charge is -2.02. The van der Waals surface area contributed by atoms with Crippen molar-refractivity contribution in [2.45, 2.75) is 24.5 Å². The monoisotopic (exact) mass is 216 g/mol. The molecule has 78 valence electrons. The maximum Gasteiger partial charge on any atom is 0.384 e. The Labute approximate surface area is 83.6 Å². The van der Waals surface area contributed by atoms with Crippen molar-refractivity contribution >= 4 is 15.8 Å². The number of rotatable bonds is 1. The predicted molar refractivity (Wildman–Crippen MR) is 51.2 cm³/mol. The van der Waals surface area contributed by atoms with Crippen LogP contribution in [0, 0.1) is 11.8 Å². The summed E-state index contributed by atoms with van der Waals surface area (Å²) in [7, 11) is -1.71. The molecule has 1 atom stereocenters. The van der Waals surface area contributed by atoms with Gasteiger partial charge in [0.2, 0.25) is 0 Å². The number of carbonyl (C=O) groups excluding carboxylic acids is 1. The molecule has 1 heterocycles. The van der Waals surface area contributed by atoms with Crippen molar-refractivity contribution < 1.29 is 17.9 Å². The number of carbonyl (C=O) groups is 1. The van der Waals surface area contributed by atoms with E-state index in [0.29, 0.717) is 12.8 Å². The fourth-order valence-electron chi connectivity index (χ4n) is 1.38. The first-order valence-corrected chi connectivity index (χ1v) is 6.06. The third kappa shape index (κ3) is 2.74. The zero-order chi connectivity index (χ0) is 10.6. The minimum absolute atomic E-state index is 0.234. The van der Waals surface area contributed by atoms with Gasteiger partial charge >= 0.3 is 5.97 Å². The van der Waals surface area contributed by atoms with Gasteiger partial charge in [-0.05, 0) is 12.8 Å². The number of hydrogen-bond acceptors (Lipinski definition) is 4. The summed E-state index contributed by atoms with van der Waals surface area (Å²) in [5, 5.41) is -0.389. The van der Waals surface area contributed by atoms with E-state index >= 15 is 0 Å². The lowest BCUT2D eigenvalue weighted by atomic mass is 10.2. The highest BCUT2D eigenvalue weighted by atomic mass is 32.2. The Morgan fingerprint density at radius 2 is 2.29 bits per heavy atom. The number of ether oxygens (including phenoxy) is 1. The zero-order valence-electron chi connectivity index (χ0n) is 7.95. The van der Waals surface area contributed by atoms with Gasteiger partial charge in [-0.2, -0.15) is 0 Å². The summed E-state index contributed by atoms with van der Waals surface area (Å²) in [4.78, 5) is 10.6. The van der Waals surface area contributed by atoms with Gasteiger partial charge in [0.1, 0.15) is 0 Å². The molecule has 0 aromatic rings. The van der Waals surface area contributed by atoms with Crippen LogP contribution in [0.2, 0.25) is 0 Å². The van der Waals surface area contributed by atoms with E-state index in [0.717, 1.165) is 0 Å². The van der Waals surface area contributed by atoms with E-state index in [9.17, 15) is 13.2 Å². The van der Waals surface area contributed by atoms with E-state index in [1.165, 1.54) is 7.11 Å². The third-order valence-corrected chi connectivity index (χ3v) is 4.44. The minimum Gasteiger partial charge on any atom is -0.459 e. The molecule has 4 nitrogen and oxygen atoms in total. The van der Waals surface area contributed by atoms with Crippen LogP contribution in [-0.4, -0.2) is 32.5 Å². The standard InChI is InChI=1S/C9H12O4S/c1-13-9(10)6-2-4-8-5-3-7-14(8,11)12/h8H,3-5,7H2,1H3. The summed E-state index contributed by atoms with van der Waals surface area (Å²) >= 11 is 0. The summed E-state index contributed by atoms with van der Waals surface area (Å²) in [6, 6.07) is 0. The summed E-state index contributed by atoms with van der Waals surface area (Å²) in [5.41, 5.74) is 0. The summed E-state index contributed by atoms with van der Waals surface area (Å²) in [6.45, 7) is 0. The maximum absolute atomic E-state index is 11.3. The van der Waals surface area contributed by atoms with Crippen LogP contribution in [0.3, 0.4) is 0 Å². The third-order valence-electron chi connectivity index (χ3n) is 2.17. The van der Waals surface area contributed by atoms with Crippen molar-refractivity contribution in [2.24, 2.45) is 0 Å². The van der Waals surface area contributed by atoms with Crippen LogP contribution >= 0.6 is 0 Å². The predicted octanol–water partition coefficient (Wildman–Crippen LogP) is 0.130. The van der Waals surface area contributed by atoms with E-state index in [-0.39, 0.29) is 17.4 Å². The first kappa shape index (κ1) is 11.1. The van der Waals surface area contributed by atoms with Crippen molar-refractivity contribution in [1.82, 2.24) is 0 Å². The molecule has 0 N–H and O–H groups in total. The van der Waals surface area contributed by atoms with Crippen LogP contribution in [0.1, 0.15) is 19.3 Å². The quantitative estimate of drug-likeness (QED) is 0.355. The van der Waals surface area contributed by atoms with Crippen LogP contribution in [0.15, 0.2) is 0 Å². The van der Waals surface area contributed by atoms with Gasteiger partial charge in [0.15, 0.2) is 9.84 Å². The molecular weight excluding hydrogens is 204 g/mol. The molecule has 1 fully saturated rings. The van der Waals surface area contributed by atoms with Gasteiger partial charge in [0.05, 0.1) is 18.1 Å². The summed E-state index contributed by atoms with van der Waals surface area (Å²) in [6.07, 6.45) is 1.59. The second kappa shape index (κ2) is 4.47. The molecule has 1 unspecified atom stereocenters. The number of hydrogen-bond donors (Lipinski definition) is 0. The fourth-order valence-corrected chi connectivity index (χ4v) is 3.14. The van der Waals surface area contributed by atoms with Gasteiger partial charge in [-0.25, -0.2) is 13.2 Å². The van der Waals surface area contributed by atoms with Crippen molar-refractivity contribution in [3.8, 4) is 11.8 Å². The summed E-state index contributed by atoms with van der Waals surface area (Å²) < 4.78 is 27.0. The number of methoxy groups -OCH3 is 1. The van der Waals surface area contributed by atoms with Crippen molar-refractivity contribution in [3.63, 3.8) is 0 Å². The maximum atomic E-state index is 11.3. The van der Waals surface area contributed by atoms with Crippen molar-refractivity contribution in [3.05, 3.63) is 0 Å². The van der Waals surface area contributed by atoms with E-state index in [1.54, 1.807) is 0 Å². The molecule has 1 saturated heterocycles. The summed E-state index contributed by atoms with van der Waals surface area (Å²) in [5.74, 6) is 4.37.